The lowest BCUT2D eigenvalue weighted by molar-refractivity contribution is -0.136. The van der Waals surface area contributed by atoms with Crippen LogP contribution in [0.15, 0.2) is 27.1 Å². The van der Waals surface area contributed by atoms with Gasteiger partial charge in [-0.2, -0.15) is 18.3 Å². The van der Waals surface area contributed by atoms with Gasteiger partial charge in [-0.15, -0.1) is 0 Å². The molecule has 1 aromatic heterocycles. The van der Waals surface area contributed by atoms with Gasteiger partial charge >= 0.3 is 6.18 Å². The summed E-state index contributed by atoms with van der Waals surface area (Å²) in [6.45, 7) is 1.68. The molecule has 22 heavy (non-hydrogen) atoms. The van der Waals surface area contributed by atoms with E-state index in [1.54, 1.807) is 14.0 Å². The smallest absolute Gasteiger partial charge is 0.320 e. The first-order valence-electron chi connectivity index (χ1n) is 5.98. The number of nitrogens with one attached hydrogen (secondary N) is 1. The molecule has 1 heterocycles. The van der Waals surface area contributed by atoms with Crippen molar-refractivity contribution in [3.05, 3.63) is 44.1 Å². The van der Waals surface area contributed by atoms with Gasteiger partial charge in [-0.1, -0.05) is 15.9 Å². The van der Waals surface area contributed by atoms with Gasteiger partial charge in [-0.3, -0.25) is 9.48 Å². The normalized spacial score (nSPS) is 11.6. The number of nitrogens with zero attached hydrogens (tertiary/aromatic N) is 2. The average molecular weight is 441 g/mol. The maximum Gasteiger partial charge on any atom is 0.418 e. The summed E-state index contributed by atoms with van der Waals surface area (Å²) >= 11 is 6.20. The van der Waals surface area contributed by atoms with Crippen LogP contribution in [0.4, 0.5) is 18.9 Å². The van der Waals surface area contributed by atoms with Gasteiger partial charge in [0.2, 0.25) is 0 Å². The SMILES string of the molecule is Cc1nn(C)c(C(=O)Nc2ccc(Br)cc2C(F)(F)F)c1Br. The van der Waals surface area contributed by atoms with E-state index in [9.17, 15) is 18.0 Å². The Morgan fingerprint density at radius 2 is 1.95 bits per heavy atom. The fourth-order valence-corrected chi connectivity index (χ4v) is 2.80. The Kier molecular flexibility index (Phi) is 4.67. The molecule has 0 unspecified atom stereocenters. The van der Waals surface area contributed by atoms with E-state index in [-0.39, 0.29) is 15.9 Å². The summed E-state index contributed by atoms with van der Waals surface area (Å²) in [6, 6.07) is 3.54. The number of rotatable bonds is 2. The molecule has 0 radical (unpaired) electrons. The first-order valence-corrected chi connectivity index (χ1v) is 7.57. The van der Waals surface area contributed by atoms with E-state index in [1.807, 2.05) is 0 Å². The van der Waals surface area contributed by atoms with Crippen LogP contribution < -0.4 is 5.32 Å². The largest absolute Gasteiger partial charge is 0.418 e. The molecule has 1 amide bonds. The van der Waals surface area contributed by atoms with Crippen molar-refractivity contribution in [2.45, 2.75) is 13.1 Å². The summed E-state index contributed by atoms with van der Waals surface area (Å²) in [6.07, 6.45) is -4.58. The Hall–Kier alpha value is -1.35. The van der Waals surface area contributed by atoms with Gasteiger partial charge in [0.25, 0.3) is 5.91 Å². The van der Waals surface area contributed by atoms with Crippen LogP contribution in [-0.2, 0) is 13.2 Å². The van der Waals surface area contributed by atoms with Crippen molar-refractivity contribution in [2.75, 3.05) is 5.32 Å². The lowest BCUT2D eigenvalue weighted by Gasteiger charge is -2.14. The summed E-state index contributed by atoms with van der Waals surface area (Å²) < 4.78 is 41.2. The van der Waals surface area contributed by atoms with Crippen LogP contribution in [0, 0.1) is 6.92 Å². The van der Waals surface area contributed by atoms with Gasteiger partial charge in [0, 0.05) is 11.5 Å². The molecule has 0 aliphatic carbocycles. The molecule has 9 heteroatoms. The molecule has 4 nitrogen and oxygen atoms in total. The second kappa shape index (κ2) is 6.04. The zero-order valence-corrected chi connectivity index (χ0v) is 14.6. The van der Waals surface area contributed by atoms with Crippen LogP contribution in [0.25, 0.3) is 0 Å². The molecule has 0 spiro atoms. The second-order valence-corrected chi connectivity index (χ2v) is 6.22. The molecule has 0 aliphatic heterocycles. The van der Waals surface area contributed by atoms with Crippen LogP contribution in [0.5, 0.6) is 0 Å². The highest BCUT2D eigenvalue weighted by molar-refractivity contribution is 9.10. The minimum atomic E-state index is -4.58. The number of halogens is 5. The van der Waals surface area contributed by atoms with Gasteiger partial charge < -0.3 is 5.32 Å². The number of benzene rings is 1. The highest BCUT2D eigenvalue weighted by Gasteiger charge is 2.34. The fraction of sp³-hybridized carbons (Fsp3) is 0.231. The molecule has 0 fully saturated rings. The minimum absolute atomic E-state index is 0.147. The van der Waals surface area contributed by atoms with E-state index in [0.29, 0.717) is 10.2 Å². The molecule has 0 bridgehead atoms. The van der Waals surface area contributed by atoms with Gasteiger partial charge in [0.05, 0.1) is 21.4 Å². The zero-order valence-electron chi connectivity index (χ0n) is 11.4. The third kappa shape index (κ3) is 3.35. The average Bonchev–Trinajstić information content (AvgIpc) is 2.64. The minimum Gasteiger partial charge on any atom is -0.320 e. The summed E-state index contributed by atoms with van der Waals surface area (Å²) in [4.78, 5) is 12.3. The first-order chi connectivity index (χ1) is 10.1. The van der Waals surface area contributed by atoms with Crippen LogP contribution in [0.3, 0.4) is 0 Å². The van der Waals surface area contributed by atoms with E-state index in [0.717, 1.165) is 6.07 Å². The van der Waals surface area contributed by atoms with Crippen LogP contribution in [0.2, 0.25) is 0 Å². The van der Waals surface area contributed by atoms with Gasteiger partial charge in [-0.25, -0.2) is 0 Å². The summed E-state index contributed by atoms with van der Waals surface area (Å²) in [5, 5.41) is 6.32. The number of amides is 1. The number of aryl methyl sites for hydroxylation is 2. The molecule has 2 rings (SSSR count). The maximum absolute atomic E-state index is 13.0. The van der Waals surface area contributed by atoms with E-state index >= 15 is 0 Å². The van der Waals surface area contributed by atoms with Gasteiger partial charge in [0.15, 0.2) is 0 Å². The van der Waals surface area contributed by atoms with Crippen LogP contribution in [-0.4, -0.2) is 15.7 Å². The second-order valence-electron chi connectivity index (χ2n) is 4.51. The number of hydrogen-bond acceptors (Lipinski definition) is 2. The highest BCUT2D eigenvalue weighted by Crippen LogP contribution is 2.37. The number of alkyl halides is 3. The van der Waals surface area contributed by atoms with E-state index < -0.39 is 17.6 Å². The Morgan fingerprint density at radius 3 is 2.45 bits per heavy atom. The van der Waals surface area contributed by atoms with Crippen molar-refractivity contribution in [3.63, 3.8) is 0 Å². The van der Waals surface area contributed by atoms with Crippen LogP contribution >= 0.6 is 31.9 Å². The van der Waals surface area contributed by atoms with E-state index in [1.165, 1.54) is 16.8 Å². The van der Waals surface area contributed by atoms with Crippen molar-refractivity contribution in [1.82, 2.24) is 9.78 Å². The molecule has 118 valence electrons. The number of aromatic nitrogens is 2. The first kappa shape index (κ1) is 17.0. The summed E-state index contributed by atoms with van der Waals surface area (Å²) in [5.41, 5.74) is -0.523. The quantitative estimate of drug-likeness (QED) is 0.745. The summed E-state index contributed by atoms with van der Waals surface area (Å²) in [5.74, 6) is -0.678. The van der Waals surface area contributed by atoms with Crippen molar-refractivity contribution in [3.8, 4) is 0 Å². The van der Waals surface area contributed by atoms with Crippen molar-refractivity contribution >= 4 is 43.5 Å². The number of carbonyl (C=O) groups is 1. The molecular formula is C13H10Br2F3N3O. The van der Waals surface area contributed by atoms with Crippen molar-refractivity contribution in [1.29, 1.82) is 0 Å². The van der Waals surface area contributed by atoms with Crippen molar-refractivity contribution < 1.29 is 18.0 Å². The topological polar surface area (TPSA) is 46.9 Å². The van der Waals surface area contributed by atoms with Crippen molar-refractivity contribution in [2.24, 2.45) is 7.05 Å². The molecule has 0 saturated carbocycles. The van der Waals surface area contributed by atoms with E-state index in [4.69, 9.17) is 0 Å². The lowest BCUT2D eigenvalue weighted by atomic mass is 10.1. The third-order valence-electron chi connectivity index (χ3n) is 2.90. The third-order valence-corrected chi connectivity index (χ3v) is 4.34. The fourth-order valence-electron chi connectivity index (χ4n) is 1.92. The number of anilines is 1. The zero-order chi connectivity index (χ0) is 16.7. The Morgan fingerprint density at radius 1 is 1.32 bits per heavy atom. The Balaban J connectivity index is 2.41. The molecule has 0 saturated heterocycles. The Labute approximate surface area is 140 Å². The van der Waals surface area contributed by atoms with Gasteiger partial charge in [0.1, 0.15) is 5.69 Å². The van der Waals surface area contributed by atoms with Gasteiger partial charge in [-0.05, 0) is 41.1 Å². The standard InChI is InChI=1S/C13H10Br2F3N3O/c1-6-10(15)11(21(2)20-6)12(22)19-9-4-3-7(14)5-8(9)13(16,17)18/h3-5H,1-2H3,(H,19,22). The number of carbonyl (C=O) groups excluding carboxylic acids is 1. The number of hydrogen-bond donors (Lipinski definition) is 1. The molecular weight excluding hydrogens is 431 g/mol. The molecule has 1 N–H and O–H groups in total. The Bertz CT molecular complexity index is 741. The van der Waals surface area contributed by atoms with Crippen LogP contribution in [0.1, 0.15) is 21.7 Å². The molecule has 1 aromatic carbocycles. The predicted octanol–water partition coefficient (Wildman–Crippen LogP) is 4.52. The molecule has 0 aliphatic rings. The monoisotopic (exact) mass is 439 g/mol. The predicted molar refractivity (Wildman–Crippen MR) is 82.7 cm³/mol. The highest BCUT2D eigenvalue weighted by atomic mass is 79.9. The molecule has 2 aromatic rings. The molecule has 0 atom stereocenters. The summed E-state index contributed by atoms with van der Waals surface area (Å²) in [7, 11) is 1.54. The maximum atomic E-state index is 13.0. The lowest BCUT2D eigenvalue weighted by Crippen LogP contribution is -2.19. The van der Waals surface area contributed by atoms with E-state index in [2.05, 4.69) is 42.3 Å².